The van der Waals surface area contributed by atoms with Crippen molar-refractivity contribution in [2.24, 2.45) is 0 Å². The summed E-state index contributed by atoms with van der Waals surface area (Å²) >= 11 is 0. The lowest BCUT2D eigenvalue weighted by Gasteiger charge is -2.28. The van der Waals surface area contributed by atoms with Gasteiger partial charge in [-0.25, -0.2) is 9.78 Å². The third-order valence-electron chi connectivity index (χ3n) is 4.41. The number of carbonyl (C=O) groups excluding carboxylic acids is 1. The Morgan fingerprint density at radius 1 is 1.31 bits per heavy atom. The number of anilines is 2. The van der Waals surface area contributed by atoms with Crippen LogP contribution in [0.15, 0.2) is 24.3 Å². The van der Waals surface area contributed by atoms with Crippen LogP contribution >= 0.6 is 0 Å². The average molecular weight is 358 g/mol. The largest absolute Gasteiger partial charge is 0.385 e. The molecule has 3 rings (SSSR count). The topological polar surface area (TPSA) is 75.7 Å². The first-order chi connectivity index (χ1) is 12.7. The number of hydrogen-bond acceptors (Lipinski definition) is 5. The van der Waals surface area contributed by atoms with Gasteiger partial charge >= 0.3 is 6.03 Å². The zero-order valence-corrected chi connectivity index (χ0v) is 15.4. The molecule has 1 saturated heterocycles. The summed E-state index contributed by atoms with van der Waals surface area (Å²) < 4.78 is 10.4. The van der Waals surface area contributed by atoms with Crippen molar-refractivity contribution < 1.29 is 14.3 Å². The predicted octanol–water partition coefficient (Wildman–Crippen LogP) is 2.54. The molecule has 2 N–H and O–H groups in total. The maximum Gasteiger partial charge on any atom is 0.319 e. The van der Waals surface area contributed by atoms with E-state index in [1.165, 1.54) is 0 Å². The lowest BCUT2D eigenvalue weighted by Crippen LogP contribution is -2.36. The number of ether oxygens (including phenoxy) is 2. The predicted molar refractivity (Wildman–Crippen MR) is 103 cm³/mol. The van der Waals surface area contributed by atoms with Crippen LogP contribution < -0.4 is 15.5 Å². The molecule has 0 aliphatic carbocycles. The van der Waals surface area contributed by atoms with Gasteiger partial charge in [0.05, 0.1) is 18.7 Å². The Hall–Kier alpha value is -2.38. The summed E-state index contributed by atoms with van der Waals surface area (Å²) in [7, 11) is 1.65. The Labute approximate surface area is 153 Å². The van der Waals surface area contributed by atoms with Crippen molar-refractivity contribution in [3.8, 4) is 0 Å². The molecular formula is C19H26N4O3. The Morgan fingerprint density at radius 2 is 2.12 bits per heavy atom. The van der Waals surface area contributed by atoms with Crippen LogP contribution in [0.1, 0.15) is 12.0 Å². The van der Waals surface area contributed by atoms with Gasteiger partial charge < -0.3 is 25.0 Å². The lowest BCUT2D eigenvalue weighted by atomic mass is 10.1. The minimum absolute atomic E-state index is 0.212. The highest BCUT2D eigenvalue weighted by atomic mass is 16.5. The Bertz CT molecular complexity index is 760. The van der Waals surface area contributed by atoms with Gasteiger partial charge in [-0.05, 0) is 43.2 Å². The molecule has 0 saturated carbocycles. The maximum atomic E-state index is 12.0. The zero-order chi connectivity index (χ0) is 18.4. The summed E-state index contributed by atoms with van der Waals surface area (Å²) in [6.07, 6.45) is 0.787. The number of methoxy groups -OCH3 is 1. The molecule has 2 amide bonds. The van der Waals surface area contributed by atoms with Crippen molar-refractivity contribution in [3.05, 3.63) is 29.8 Å². The van der Waals surface area contributed by atoms with E-state index in [4.69, 9.17) is 14.5 Å². The van der Waals surface area contributed by atoms with Crippen LogP contribution in [0.5, 0.6) is 0 Å². The van der Waals surface area contributed by atoms with Gasteiger partial charge in [-0.2, -0.15) is 0 Å². The second-order valence-electron chi connectivity index (χ2n) is 6.36. The van der Waals surface area contributed by atoms with Crippen molar-refractivity contribution in [1.82, 2.24) is 10.3 Å². The fraction of sp³-hybridized carbons (Fsp3) is 0.474. The number of carbonyl (C=O) groups is 1. The zero-order valence-electron chi connectivity index (χ0n) is 15.4. The van der Waals surface area contributed by atoms with Crippen molar-refractivity contribution in [1.29, 1.82) is 0 Å². The van der Waals surface area contributed by atoms with Gasteiger partial charge in [0.1, 0.15) is 5.82 Å². The lowest BCUT2D eigenvalue weighted by molar-refractivity contribution is 0.122. The van der Waals surface area contributed by atoms with Gasteiger partial charge in [-0.1, -0.05) is 0 Å². The summed E-state index contributed by atoms with van der Waals surface area (Å²) in [6.45, 7) is 6.48. The van der Waals surface area contributed by atoms with Crippen LogP contribution in [0.4, 0.5) is 16.3 Å². The van der Waals surface area contributed by atoms with Crippen molar-refractivity contribution in [2.45, 2.75) is 13.3 Å². The van der Waals surface area contributed by atoms with Gasteiger partial charge in [0.2, 0.25) is 0 Å². The number of nitrogens with zero attached hydrogens (tertiary/aromatic N) is 2. The van der Waals surface area contributed by atoms with Crippen molar-refractivity contribution in [3.63, 3.8) is 0 Å². The van der Waals surface area contributed by atoms with Gasteiger partial charge in [-0.15, -0.1) is 0 Å². The maximum absolute atomic E-state index is 12.0. The molecule has 0 spiro atoms. The SMILES string of the molecule is COCCCNC(=O)Nc1ccc2nc(N3CCOCC3)cc(C)c2c1. The first-order valence-corrected chi connectivity index (χ1v) is 8.95. The summed E-state index contributed by atoms with van der Waals surface area (Å²) in [5.74, 6) is 0.981. The number of hydrogen-bond donors (Lipinski definition) is 2. The number of aryl methyl sites for hydroxylation is 1. The molecule has 7 nitrogen and oxygen atoms in total. The van der Waals surface area contributed by atoms with Crippen LogP contribution in [-0.4, -0.2) is 57.6 Å². The Balaban J connectivity index is 1.70. The van der Waals surface area contributed by atoms with Crippen LogP contribution in [0.25, 0.3) is 10.9 Å². The second kappa shape index (κ2) is 8.82. The van der Waals surface area contributed by atoms with Crippen molar-refractivity contribution in [2.75, 3.05) is 56.8 Å². The summed E-state index contributed by atoms with van der Waals surface area (Å²) in [4.78, 5) is 19.0. The molecule has 1 aromatic heterocycles. The van der Waals surface area contributed by atoms with Crippen LogP contribution in [0.3, 0.4) is 0 Å². The number of morpholine rings is 1. The van der Waals surface area contributed by atoms with E-state index < -0.39 is 0 Å². The molecule has 0 radical (unpaired) electrons. The van der Waals surface area contributed by atoms with E-state index in [1.54, 1.807) is 7.11 Å². The van der Waals surface area contributed by atoms with E-state index in [-0.39, 0.29) is 6.03 Å². The number of pyridine rings is 1. The molecule has 1 aromatic carbocycles. The fourth-order valence-corrected chi connectivity index (χ4v) is 3.00. The second-order valence-corrected chi connectivity index (χ2v) is 6.36. The van der Waals surface area contributed by atoms with E-state index in [0.717, 1.165) is 60.7 Å². The molecule has 140 valence electrons. The molecule has 2 aromatic rings. The molecule has 7 heteroatoms. The molecule has 1 aliphatic heterocycles. The monoisotopic (exact) mass is 358 g/mol. The molecule has 1 fully saturated rings. The molecule has 26 heavy (non-hydrogen) atoms. The molecule has 0 bridgehead atoms. The van der Waals surface area contributed by atoms with Gasteiger partial charge in [0, 0.05) is 44.4 Å². The van der Waals surface area contributed by atoms with Gasteiger partial charge in [0.15, 0.2) is 0 Å². The van der Waals surface area contributed by atoms with Crippen LogP contribution in [0, 0.1) is 6.92 Å². The van der Waals surface area contributed by atoms with Gasteiger partial charge in [0.25, 0.3) is 0 Å². The number of urea groups is 1. The van der Waals surface area contributed by atoms with Crippen molar-refractivity contribution >= 4 is 28.4 Å². The minimum atomic E-state index is -0.212. The first-order valence-electron chi connectivity index (χ1n) is 8.95. The molecule has 0 atom stereocenters. The van der Waals surface area contributed by atoms with E-state index in [2.05, 4.69) is 28.5 Å². The Morgan fingerprint density at radius 3 is 2.88 bits per heavy atom. The fourth-order valence-electron chi connectivity index (χ4n) is 3.00. The summed E-state index contributed by atoms with van der Waals surface area (Å²) in [5, 5.41) is 6.73. The van der Waals surface area contributed by atoms with E-state index in [9.17, 15) is 4.79 Å². The highest BCUT2D eigenvalue weighted by Crippen LogP contribution is 2.25. The smallest absolute Gasteiger partial charge is 0.319 e. The average Bonchev–Trinajstić information content (AvgIpc) is 2.66. The van der Waals surface area contributed by atoms with Gasteiger partial charge in [-0.3, -0.25) is 0 Å². The normalized spacial score (nSPS) is 14.5. The first kappa shape index (κ1) is 18.4. The summed E-state index contributed by atoms with van der Waals surface area (Å²) in [6, 6.07) is 7.69. The molecule has 1 aliphatic rings. The van der Waals surface area contributed by atoms with E-state index in [1.807, 2.05) is 18.2 Å². The summed E-state index contributed by atoms with van der Waals surface area (Å²) in [5.41, 5.74) is 2.82. The number of amides is 2. The number of fused-ring (bicyclic) bond motifs is 1. The molecule has 2 heterocycles. The van der Waals surface area contributed by atoms with E-state index in [0.29, 0.717) is 13.2 Å². The number of aromatic nitrogens is 1. The molecular weight excluding hydrogens is 332 g/mol. The third kappa shape index (κ3) is 4.62. The highest BCUT2D eigenvalue weighted by molar-refractivity contribution is 5.93. The molecule has 0 unspecified atom stereocenters. The van der Waals surface area contributed by atoms with E-state index >= 15 is 0 Å². The standard InChI is InChI=1S/C19H26N4O3/c1-14-12-18(23-7-10-26-11-8-23)22-17-5-4-15(13-16(14)17)21-19(24)20-6-3-9-25-2/h4-5,12-13H,3,6-11H2,1-2H3,(H2,20,21,24). The van der Waals surface area contributed by atoms with Crippen LogP contribution in [-0.2, 0) is 9.47 Å². The minimum Gasteiger partial charge on any atom is -0.385 e. The highest BCUT2D eigenvalue weighted by Gasteiger charge is 2.14. The number of nitrogens with one attached hydrogen (secondary N) is 2. The number of rotatable bonds is 6. The quantitative estimate of drug-likeness (QED) is 0.776. The third-order valence-corrected chi connectivity index (χ3v) is 4.41. The van der Waals surface area contributed by atoms with Crippen LogP contribution in [0.2, 0.25) is 0 Å². The number of benzene rings is 1. The Kier molecular flexibility index (Phi) is 6.25.